The number of aromatic nitrogens is 1. The number of hydrogen-bond acceptors (Lipinski definition) is 3. The fourth-order valence-electron chi connectivity index (χ4n) is 10.8. The Hall–Kier alpha value is -6.98. The van der Waals surface area contributed by atoms with Crippen LogP contribution in [0, 0.1) is 0 Å². The molecule has 10 aromatic rings. The van der Waals surface area contributed by atoms with Crippen molar-refractivity contribution in [2.75, 3.05) is 9.71 Å². The molecule has 318 valence electrons. The van der Waals surface area contributed by atoms with Crippen LogP contribution in [0.2, 0.25) is 0 Å². The highest BCUT2D eigenvalue weighted by Gasteiger charge is 2.46. The molecule has 0 bridgehead atoms. The largest absolute Gasteiger partial charge is 0.455 e. The lowest BCUT2D eigenvalue weighted by Crippen LogP contribution is -2.60. The fraction of sp³-hybridized carbons (Fsp3) is 0.200. The first-order valence-corrected chi connectivity index (χ1v) is 23.2. The van der Waals surface area contributed by atoms with Crippen LogP contribution < -0.4 is 20.6 Å². The first kappa shape index (κ1) is 39.6. The van der Waals surface area contributed by atoms with Gasteiger partial charge in [-0.1, -0.05) is 147 Å². The van der Waals surface area contributed by atoms with Crippen LogP contribution in [-0.4, -0.2) is 11.4 Å². The van der Waals surface area contributed by atoms with E-state index >= 15 is 0 Å². The van der Waals surface area contributed by atoms with Crippen LogP contribution in [-0.2, 0) is 16.2 Å². The van der Waals surface area contributed by atoms with Gasteiger partial charge in [-0.2, -0.15) is 0 Å². The molecule has 65 heavy (non-hydrogen) atoms. The topological polar surface area (TPSA) is 24.6 Å². The van der Waals surface area contributed by atoms with Crippen molar-refractivity contribution in [1.82, 2.24) is 4.57 Å². The molecule has 2 aliphatic heterocycles. The Bertz CT molecular complexity index is 3500. The summed E-state index contributed by atoms with van der Waals surface area (Å²) in [5, 5.41) is 4.84. The van der Waals surface area contributed by atoms with Gasteiger partial charge in [-0.25, -0.2) is 0 Å². The number of furan rings is 1. The van der Waals surface area contributed by atoms with Gasteiger partial charge in [0.05, 0.1) is 11.0 Å². The maximum atomic E-state index is 7.27. The highest BCUT2D eigenvalue weighted by Crippen LogP contribution is 2.52. The van der Waals surface area contributed by atoms with Crippen LogP contribution in [0.4, 0.5) is 28.4 Å². The summed E-state index contributed by atoms with van der Waals surface area (Å²) < 4.78 is 9.88. The van der Waals surface area contributed by atoms with Crippen LogP contribution in [0.5, 0.6) is 0 Å². The van der Waals surface area contributed by atoms with Gasteiger partial charge in [-0.3, -0.25) is 0 Å². The minimum atomic E-state index is -0.163. The molecular weight excluding hydrogens is 789 g/mol. The summed E-state index contributed by atoms with van der Waals surface area (Å²) in [5.41, 5.74) is 20.0. The van der Waals surface area contributed by atoms with Crippen LogP contribution in [0.3, 0.4) is 0 Å². The zero-order valence-corrected chi connectivity index (χ0v) is 38.9. The van der Waals surface area contributed by atoms with E-state index in [0.717, 1.165) is 33.6 Å². The van der Waals surface area contributed by atoms with Crippen molar-refractivity contribution in [1.29, 1.82) is 0 Å². The van der Waals surface area contributed by atoms with E-state index in [2.05, 4.69) is 240 Å². The lowest BCUT2D eigenvalue weighted by atomic mass is 9.43. The Kier molecular flexibility index (Phi) is 8.39. The Labute approximate surface area is 382 Å². The molecule has 0 spiro atoms. The molecule has 8 aromatic carbocycles. The SMILES string of the molecule is CC(C)(C)c1ccc(N2B3c4ccc(N(c5ccccc5)c5ccccc5)cc4-n4c5ccc(C(C)(C)C)cc5c5c6c(oc7ccccc76)c(c3c54)-c3cc(C(C)(C)C)ccc32)cc1. The smallest absolute Gasteiger partial charge is 0.333 e. The van der Waals surface area contributed by atoms with E-state index in [4.69, 9.17) is 4.42 Å². The minimum absolute atomic E-state index is 0.0235. The molecule has 0 amide bonds. The Morgan fingerprint density at radius 3 is 1.75 bits per heavy atom. The number of benzene rings is 8. The van der Waals surface area contributed by atoms with Gasteiger partial charge in [0.1, 0.15) is 11.2 Å². The number of rotatable bonds is 4. The molecular formula is C60H54BN3O. The van der Waals surface area contributed by atoms with Gasteiger partial charge in [0.25, 0.3) is 0 Å². The van der Waals surface area contributed by atoms with Gasteiger partial charge in [0, 0.05) is 66.8 Å². The third kappa shape index (κ3) is 5.90. The van der Waals surface area contributed by atoms with Crippen molar-refractivity contribution in [3.05, 3.63) is 180 Å². The second-order valence-electron chi connectivity index (χ2n) is 21.4. The summed E-state index contributed by atoms with van der Waals surface area (Å²) >= 11 is 0. The van der Waals surface area contributed by atoms with Crippen molar-refractivity contribution >= 4 is 90.0 Å². The molecule has 0 fully saturated rings. The Balaban J connectivity index is 1.28. The molecule has 2 aromatic heterocycles. The molecule has 0 N–H and O–H groups in total. The van der Waals surface area contributed by atoms with Gasteiger partial charge in [-0.15, -0.1) is 0 Å². The Morgan fingerprint density at radius 2 is 1.09 bits per heavy atom. The van der Waals surface area contributed by atoms with E-state index in [9.17, 15) is 0 Å². The number of fused-ring (bicyclic) bond motifs is 13. The van der Waals surface area contributed by atoms with Crippen molar-refractivity contribution in [3.63, 3.8) is 0 Å². The van der Waals surface area contributed by atoms with Crippen molar-refractivity contribution in [3.8, 4) is 16.8 Å². The summed E-state index contributed by atoms with van der Waals surface area (Å²) in [5.74, 6) is 0. The lowest BCUT2D eigenvalue weighted by Gasteiger charge is -2.42. The molecule has 4 nitrogen and oxygen atoms in total. The molecule has 5 heteroatoms. The third-order valence-corrected chi connectivity index (χ3v) is 14.2. The number of hydrogen-bond donors (Lipinski definition) is 0. The average molecular weight is 844 g/mol. The lowest BCUT2D eigenvalue weighted by molar-refractivity contribution is 0.590. The predicted molar refractivity (Wildman–Crippen MR) is 278 cm³/mol. The van der Waals surface area contributed by atoms with Crippen molar-refractivity contribution < 1.29 is 4.42 Å². The van der Waals surface area contributed by atoms with Crippen LogP contribution >= 0.6 is 0 Å². The van der Waals surface area contributed by atoms with Gasteiger partial charge in [0.15, 0.2) is 0 Å². The molecule has 0 saturated heterocycles. The van der Waals surface area contributed by atoms with Crippen LogP contribution in [0.1, 0.15) is 79.0 Å². The van der Waals surface area contributed by atoms with E-state index in [0.29, 0.717) is 0 Å². The summed E-state index contributed by atoms with van der Waals surface area (Å²) in [7, 11) is 0. The summed E-state index contributed by atoms with van der Waals surface area (Å²) in [6.45, 7) is 20.6. The van der Waals surface area contributed by atoms with E-state index in [-0.39, 0.29) is 23.1 Å². The van der Waals surface area contributed by atoms with Crippen molar-refractivity contribution in [2.24, 2.45) is 0 Å². The van der Waals surface area contributed by atoms with Gasteiger partial charge in [-0.05, 0) is 123 Å². The highest BCUT2D eigenvalue weighted by atomic mass is 16.3. The molecule has 12 rings (SSSR count). The second-order valence-corrected chi connectivity index (χ2v) is 21.4. The van der Waals surface area contributed by atoms with Crippen LogP contribution in [0.25, 0.3) is 60.6 Å². The predicted octanol–water partition coefficient (Wildman–Crippen LogP) is 15.3. The number of para-hydroxylation sites is 3. The summed E-state index contributed by atoms with van der Waals surface area (Å²) in [4.78, 5) is 5.03. The quantitative estimate of drug-likeness (QED) is 0.165. The monoisotopic (exact) mass is 843 g/mol. The fourth-order valence-corrected chi connectivity index (χ4v) is 10.8. The first-order valence-electron chi connectivity index (χ1n) is 23.2. The molecule has 0 aliphatic carbocycles. The molecule has 0 saturated carbocycles. The minimum Gasteiger partial charge on any atom is -0.455 e. The normalized spacial score (nSPS) is 13.6. The maximum absolute atomic E-state index is 7.27. The van der Waals surface area contributed by atoms with Crippen LogP contribution in [0.15, 0.2) is 168 Å². The van der Waals surface area contributed by atoms with E-state index < -0.39 is 0 Å². The van der Waals surface area contributed by atoms with E-state index in [1.165, 1.54) is 83.0 Å². The highest BCUT2D eigenvalue weighted by molar-refractivity contribution is 6.94. The van der Waals surface area contributed by atoms with E-state index in [1.807, 2.05) is 0 Å². The Morgan fingerprint density at radius 1 is 0.492 bits per heavy atom. The zero-order chi connectivity index (χ0) is 44.7. The second kappa shape index (κ2) is 13.8. The molecule has 4 heterocycles. The van der Waals surface area contributed by atoms with E-state index in [1.54, 1.807) is 0 Å². The van der Waals surface area contributed by atoms with Gasteiger partial charge >= 0.3 is 6.85 Å². The summed E-state index contributed by atoms with van der Waals surface area (Å²) in [6.07, 6.45) is 0. The molecule has 0 unspecified atom stereocenters. The standard InChI is InChI=1S/C60H54BN3O/c1-58(2,3)37-24-28-42(29-25-37)64-49-33-27-39(60(7,8)9)35-46(49)54-55-56-52(53-44-22-16-17-23-51(44)65-57(53)54)45-34-38(59(4,5)6)26-32-48(45)63(56)50-36-43(30-31-47(50)61(55)64)62(40-18-12-10-13-19-40)41-20-14-11-15-21-41/h10-36H,1-9H3. The number of nitrogens with zero attached hydrogens (tertiary/aromatic N) is 3. The zero-order valence-electron chi connectivity index (χ0n) is 38.9. The third-order valence-electron chi connectivity index (χ3n) is 14.2. The average Bonchev–Trinajstić information content (AvgIpc) is 3.84. The summed E-state index contributed by atoms with van der Waals surface area (Å²) in [6, 6.07) is 61.2. The molecule has 2 aliphatic rings. The van der Waals surface area contributed by atoms with Gasteiger partial charge in [0.2, 0.25) is 0 Å². The number of anilines is 5. The van der Waals surface area contributed by atoms with Gasteiger partial charge < -0.3 is 18.7 Å². The maximum Gasteiger partial charge on any atom is 0.333 e. The van der Waals surface area contributed by atoms with Crippen molar-refractivity contribution in [2.45, 2.75) is 78.6 Å². The first-order chi connectivity index (χ1) is 31.2. The molecule has 0 radical (unpaired) electrons. The molecule has 0 atom stereocenters.